The fourth-order valence-electron chi connectivity index (χ4n) is 2.10. The first-order valence-corrected chi connectivity index (χ1v) is 6.05. The minimum absolute atomic E-state index is 0.279. The maximum atomic E-state index is 12.2. The van der Waals surface area contributed by atoms with Gasteiger partial charge in [0.05, 0.1) is 6.07 Å². The Morgan fingerprint density at radius 1 is 1.32 bits per heavy atom. The topological polar surface area (TPSA) is 82.4 Å². The van der Waals surface area contributed by atoms with Gasteiger partial charge in [0.2, 0.25) is 0 Å². The third-order valence-electron chi connectivity index (χ3n) is 3.17. The standard InChI is InChI=1S/C13H10F3N3O3/c1-12(10(20)19(7-6-17)11(21)18-12)8-2-4-9(5-3-8)22-13(14,15)16/h2-5H,7H2,1H3,(H,18,21)/t12-/m0/s1. The fraction of sp³-hybridized carbons (Fsp3) is 0.308. The summed E-state index contributed by atoms with van der Waals surface area (Å²) in [5.41, 5.74) is -1.16. The molecule has 1 N–H and O–H groups in total. The van der Waals surface area contributed by atoms with E-state index in [4.69, 9.17) is 5.26 Å². The molecule has 0 radical (unpaired) electrons. The molecule has 1 aromatic carbocycles. The molecule has 1 aliphatic heterocycles. The lowest BCUT2D eigenvalue weighted by molar-refractivity contribution is -0.274. The number of hydrogen-bond donors (Lipinski definition) is 1. The Hall–Kier alpha value is -2.76. The number of ether oxygens (including phenoxy) is 1. The molecule has 3 amide bonds. The molecule has 1 saturated heterocycles. The predicted molar refractivity (Wildman–Crippen MR) is 66.3 cm³/mol. The molecule has 1 aliphatic rings. The highest BCUT2D eigenvalue weighted by atomic mass is 19.4. The summed E-state index contributed by atoms with van der Waals surface area (Å²) in [6.07, 6.45) is -4.81. The molecular formula is C13H10F3N3O3. The number of nitrogens with zero attached hydrogens (tertiary/aromatic N) is 2. The summed E-state index contributed by atoms with van der Waals surface area (Å²) in [5.74, 6) is -1.09. The van der Waals surface area contributed by atoms with Gasteiger partial charge in [-0.05, 0) is 24.6 Å². The quantitative estimate of drug-likeness (QED) is 0.682. The van der Waals surface area contributed by atoms with Crippen molar-refractivity contribution in [1.82, 2.24) is 10.2 Å². The molecule has 1 aromatic rings. The lowest BCUT2D eigenvalue weighted by Crippen LogP contribution is -2.40. The smallest absolute Gasteiger partial charge is 0.406 e. The highest BCUT2D eigenvalue weighted by molar-refractivity contribution is 6.07. The van der Waals surface area contributed by atoms with Gasteiger partial charge in [-0.15, -0.1) is 13.2 Å². The summed E-state index contributed by atoms with van der Waals surface area (Å²) in [7, 11) is 0. The van der Waals surface area contributed by atoms with E-state index in [0.29, 0.717) is 0 Å². The van der Waals surface area contributed by atoms with E-state index in [1.807, 2.05) is 0 Å². The van der Waals surface area contributed by atoms with Crippen LogP contribution in [-0.2, 0) is 10.3 Å². The van der Waals surface area contributed by atoms with Crippen molar-refractivity contribution in [1.29, 1.82) is 5.26 Å². The van der Waals surface area contributed by atoms with Gasteiger partial charge < -0.3 is 10.1 Å². The maximum absolute atomic E-state index is 12.2. The van der Waals surface area contributed by atoms with Crippen LogP contribution in [0.5, 0.6) is 5.75 Å². The fourth-order valence-corrected chi connectivity index (χ4v) is 2.10. The van der Waals surface area contributed by atoms with Gasteiger partial charge in [0, 0.05) is 0 Å². The molecule has 2 rings (SSSR count). The predicted octanol–water partition coefficient (Wildman–Crippen LogP) is 1.88. The molecule has 0 saturated carbocycles. The monoisotopic (exact) mass is 313 g/mol. The number of amides is 3. The highest BCUT2D eigenvalue weighted by Crippen LogP contribution is 2.31. The number of benzene rings is 1. The SMILES string of the molecule is C[C@@]1(c2ccc(OC(F)(F)F)cc2)NC(=O)N(CC#N)C1=O. The first-order valence-electron chi connectivity index (χ1n) is 6.05. The van der Waals surface area contributed by atoms with E-state index in [0.717, 1.165) is 17.0 Å². The number of nitrogens with one attached hydrogen (secondary N) is 1. The number of carbonyl (C=O) groups excluding carboxylic acids is 2. The molecule has 1 heterocycles. The Morgan fingerprint density at radius 2 is 1.91 bits per heavy atom. The number of nitriles is 1. The van der Waals surface area contributed by atoms with Crippen molar-refractivity contribution in [2.24, 2.45) is 0 Å². The lowest BCUT2D eigenvalue weighted by Gasteiger charge is -2.22. The largest absolute Gasteiger partial charge is 0.573 e. The number of imide groups is 1. The molecule has 1 atom stereocenters. The number of hydrogen-bond acceptors (Lipinski definition) is 4. The number of alkyl halides is 3. The van der Waals surface area contributed by atoms with Crippen LogP contribution < -0.4 is 10.1 Å². The van der Waals surface area contributed by atoms with Gasteiger partial charge in [-0.2, -0.15) is 5.26 Å². The first-order chi connectivity index (χ1) is 10.2. The summed E-state index contributed by atoms with van der Waals surface area (Å²) in [5, 5.41) is 11.0. The van der Waals surface area contributed by atoms with E-state index in [1.165, 1.54) is 19.1 Å². The number of urea groups is 1. The van der Waals surface area contributed by atoms with Gasteiger partial charge in [0.25, 0.3) is 5.91 Å². The van der Waals surface area contributed by atoms with Crippen molar-refractivity contribution >= 4 is 11.9 Å². The summed E-state index contributed by atoms with van der Waals surface area (Å²) in [6, 6.07) is 5.54. The van der Waals surface area contributed by atoms with Crippen molar-refractivity contribution in [2.45, 2.75) is 18.8 Å². The molecular weight excluding hydrogens is 303 g/mol. The van der Waals surface area contributed by atoms with Crippen LogP contribution in [0, 0.1) is 11.3 Å². The van der Waals surface area contributed by atoms with Crippen molar-refractivity contribution in [3.8, 4) is 11.8 Å². The molecule has 1 fully saturated rings. The van der Waals surface area contributed by atoms with E-state index in [2.05, 4.69) is 10.1 Å². The lowest BCUT2D eigenvalue weighted by atomic mass is 9.92. The molecule has 6 nitrogen and oxygen atoms in total. The Kier molecular flexibility index (Phi) is 3.70. The first kappa shape index (κ1) is 15.6. The highest BCUT2D eigenvalue weighted by Gasteiger charge is 2.48. The number of halogens is 3. The number of carbonyl (C=O) groups is 2. The van der Waals surface area contributed by atoms with E-state index in [1.54, 1.807) is 6.07 Å². The molecule has 116 valence electrons. The van der Waals surface area contributed by atoms with Gasteiger partial charge in [-0.3, -0.25) is 4.79 Å². The Labute approximate surface area is 123 Å². The van der Waals surface area contributed by atoms with Crippen LogP contribution in [0.1, 0.15) is 12.5 Å². The van der Waals surface area contributed by atoms with Gasteiger partial charge in [-0.25, -0.2) is 9.69 Å². The molecule has 9 heteroatoms. The van der Waals surface area contributed by atoms with Gasteiger partial charge in [-0.1, -0.05) is 12.1 Å². The van der Waals surface area contributed by atoms with Gasteiger partial charge in [0.1, 0.15) is 17.8 Å². The van der Waals surface area contributed by atoms with E-state index in [9.17, 15) is 22.8 Å². The van der Waals surface area contributed by atoms with Crippen molar-refractivity contribution in [2.75, 3.05) is 6.54 Å². The average molecular weight is 313 g/mol. The minimum atomic E-state index is -4.81. The zero-order chi connectivity index (χ0) is 16.5. The Bertz CT molecular complexity index is 651. The summed E-state index contributed by atoms with van der Waals surface area (Å²) >= 11 is 0. The molecule has 22 heavy (non-hydrogen) atoms. The maximum Gasteiger partial charge on any atom is 0.573 e. The molecule has 0 spiro atoms. The van der Waals surface area contributed by atoms with Crippen LogP contribution in [-0.4, -0.2) is 29.7 Å². The normalized spacial score (nSPS) is 21.5. The van der Waals surface area contributed by atoms with Crippen LogP contribution in [0.3, 0.4) is 0 Å². The average Bonchev–Trinajstić information content (AvgIpc) is 2.63. The van der Waals surface area contributed by atoms with Crippen molar-refractivity contribution < 1.29 is 27.5 Å². The van der Waals surface area contributed by atoms with Crippen LogP contribution >= 0.6 is 0 Å². The van der Waals surface area contributed by atoms with E-state index in [-0.39, 0.29) is 5.56 Å². The van der Waals surface area contributed by atoms with Crippen LogP contribution in [0.2, 0.25) is 0 Å². The Balaban J connectivity index is 2.26. The van der Waals surface area contributed by atoms with Crippen LogP contribution in [0.25, 0.3) is 0 Å². The van der Waals surface area contributed by atoms with Crippen LogP contribution in [0.15, 0.2) is 24.3 Å². The minimum Gasteiger partial charge on any atom is -0.406 e. The molecule has 0 bridgehead atoms. The second-order valence-electron chi connectivity index (χ2n) is 4.68. The zero-order valence-electron chi connectivity index (χ0n) is 11.3. The summed E-state index contributed by atoms with van der Waals surface area (Å²) < 4.78 is 40.0. The van der Waals surface area contributed by atoms with Crippen molar-refractivity contribution in [3.63, 3.8) is 0 Å². The molecule has 0 aliphatic carbocycles. The summed E-state index contributed by atoms with van der Waals surface area (Å²) in [4.78, 5) is 24.6. The van der Waals surface area contributed by atoms with Gasteiger partial charge in [0.15, 0.2) is 0 Å². The van der Waals surface area contributed by atoms with Crippen molar-refractivity contribution in [3.05, 3.63) is 29.8 Å². The van der Waals surface area contributed by atoms with E-state index < -0.39 is 36.1 Å². The Morgan fingerprint density at radius 3 is 2.41 bits per heavy atom. The number of rotatable bonds is 3. The molecule has 0 unspecified atom stereocenters. The zero-order valence-corrected chi connectivity index (χ0v) is 11.3. The second-order valence-corrected chi connectivity index (χ2v) is 4.68. The van der Waals surface area contributed by atoms with E-state index >= 15 is 0 Å². The van der Waals surface area contributed by atoms with Gasteiger partial charge >= 0.3 is 12.4 Å². The second kappa shape index (κ2) is 5.22. The third-order valence-corrected chi connectivity index (χ3v) is 3.17. The summed E-state index contributed by atoms with van der Waals surface area (Å²) in [6.45, 7) is 1.000. The molecule has 0 aromatic heterocycles. The van der Waals surface area contributed by atoms with Crippen LogP contribution in [0.4, 0.5) is 18.0 Å². The third kappa shape index (κ3) is 2.81.